The van der Waals surface area contributed by atoms with E-state index in [1.807, 2.05) is 12.1 Å². The van der Waals surface area contributed by atoms with Gasteiger partial charge in [0.2, 0.25) is 0 Å². The van der Waals surface area contributed by atoms with Crippen LogP contribution in [0.1, 0.15) is 25.3 Å². The van der Waals surface area contributed by atoms with Crippen molar-refractivity contribution >= 4 is 29.6 Å². The van der Waals surface area contributed by atoms with Gasteiger partial charge in [-0.05, 0) is 23.6 Å². The molecule has 11 heavy (non-hydrogen) atoms. The normalized spacial score (nSPS) is 9.36. The van der Waals surface area contributed by atoms with E-state index in [9.17, 15) is 0 Å². The van der Waals surface area contributed by atoms with Gasteiger partial charge in [-0.3, -0.25) is 0 Å². The molecule has 0 bridgehead atoms. The van der Waals surface area contributed by atoms with Crippen LogP contribution >= 0.6 is 0 Å². The molecular weight excluding hydrogens is 147 g/mol. The molecule has 0 heterocycles. The molecule has 1 aromatic carbocycles. The first-order chi connectivity index (χ1) is 4.70. The van der Waals surface area contributed by atoms with Crippen LogP contribution in [0.25, 0.3) is 0 Å². The standard InChI is InChI=1S/C9H12O.Na.H/c1-7(2)8-3-5-9(10)6-4-8;;/h3-7,10H,1-2H3;;. The zero-order valence-electron chi connectivity index (χ0n) is 6.33. The summed E-state index contributed by atoms with van der Waals surface area (Å²) >= 11 is 0. The second kappa shape index (κ2) is 4.81. The third-order valence-corrected chi connectivity index (χ3v) is 1.56. The summed E-state index contributed by atoms with van der Waals surface area (Å²) in [5.74, 6) is 0.880. The number of phenolic OH excluding ortho intramolecular Hbond substituents is 1. The van der Waals surface area contributed by atoms with Gasteiger partial charge in [0, 0.05) is 0 Å². The van der Waals surface area contributed by atoms with Crippen LogP contribution in [0, 0.1) is 0 Å². The SMILES string of the molecule is CC(C)c1ccc(O)cc1.[NaH]. The van der Waals surface area contributed by atoms with E-state index in [1.165, 1.54) is 5.56 Å². The summed E-state index contributed by atoms with van der Waals surface area (Å²) in [6, 6.07) is 7.32. The predicted molar refractivity (Wildman–Crippen MR) is 49.3 cm³/mol. The average molecular weight is 160 g/mol. The van der Waals surface area contributed by atoms with Crippen LogP contribution < -0.4 is 0 Å². The second-order valence-corrected chi connectivity index (χ2v) is 2.75. The molecule has 0 saturated carbocycles. The molecule has 56 valence electrons. The first-order valence-corrected chi connectivity index (χ1v) is 3.49. The Kier molecular flexibility index (Phi) is 4.82. The van der Waals surface area contributed by atoms with Crippen molar-refractivity contribution in [2.24, 2.45) is 0 Å². The molecule has 0 radical (unpaired) electrons. The monoisotopic (exact) mass is 160 g/mol. The topological polar surface area (TPSA) is 20.2 Å². The summed E-state index contributed by atoms with van der Waals surface area (Å²) in [6.45, 7) is 4.26. The molecule has 0 aliphatic carbocycles. The van der Waals surface area contributed by atoms with E-state index in [4.69, 9.17) is 5.11 Å². The number of benzene rings is 1. The van der Waals surface area contributed by atoms with Gasteiger partial charge in [0.1, 0.15) is 5.75 Å². The van der Waals surface area contributed by atoms with Gasteiger partial charge < -0.3 is 5.11 Å². The fraction of sp³-hybridized carbons (Fsp3) is 0.333. The van der Waals surface area contributed by atoms with Crippen LogP contribution in [0.15, 0.2) is 24.3 Å². The summed E-state index contributed by atoms with van der Waals surface area (Å²) < 4.78 is 0. The van der Waals surface area contributed by atoms with E-state index in [-0.39, 0.29) is 29.6 Å². The molecule has 1 aromatic rings. The van der Waals surface area contributed by atoms with Gasteiger partial charge in [-0.15, -0.1) is 0 Å². The van der Waals surface area contributed by atoms with E-state index in [0.29, 0.717) is 11.7 Å². The third-order valence-electron chi connectivity index (χ3n) is 1.56. The van der Waals surface area contributed by atoms with Crippen molar-refractivity contribution in [3.63, 3.8) is 0 Å². The molecule has 1 rings (SSSR count). The Morgan fingerprint density at radius 1 is 1.09 bits per heavy atom. The maximum atomic E-state index is 8.94. The minimum atomic E-state index is 0. The Balaban J connectivity index is 0.000001000. The maximum absolute atomic E-state index is 8.94. The second-order valence-electron chi connectivity index (χ2n) is 2.75. The van der Waals surface area contributed by atoms with Crippen LogP contribution in [0.2, 0.25) is 0 Å². The number of aromatic hydroxyl groups is 1. The molecule has 0 saturated heterocycles. The molecule has 0 aromatic heterocycles. The molecule has 0 unspecified atom stereocenters. The number of rotatable bonds is 1. The fourth-order valence-electron chi connectivity index (χ4n) is 0.859. The molecular formula is C9H13NaO. The van der Waals surface area contributed by atoms with Gasteiger partial charge in [-0.2, -0.15) is 0 Å². The summed E-state index contributed by atoms with van der Waals surface area (Å²) in [7, 11) is 0. The van der Waals surface area contributed by atoms with Crippen molar-refractivity contribution in [3.8, 4) is 5.75 Å². The Morgan fingerprint density at radius 2 is 1.55 bits per heavy atom. The first-order valence-electron chi connectivity index (χ1n) is 3.49. The van der Waals surface area contributed by atoms with E-state index >= 15 is 0 Å². The molecule has 0 amide bonds. The molecule has 1 nitrogen and oxygen atoms in total. The molecule has 0 spiro atoms. The van der Waals surface area contributed by atoms with Crippen LogP contribution in [0.4, 0.5) is 0 Å². The Bertz CT molecular complexity index is 203. The molecule has 1 N–H and O–H groups in total. The van der Waals surface area contributed by atoms with Gasteiger partial charge in [0.05, 0.1) is 0 Å². The van der Waals surface area contributed by atoms with Crippen LogP contribution in [0.3, 0.4) is 0 Å². The molecule has 0 fully saturated rings. The van der Waals surface area contributed by atoms with E-state index < -0.39 is 0 Å². The predicted octanol–water partition coefficient (Wildman–Crippen LogP) is 1.87. The van der Waals surface area contributed by atoms with Crippen molar-refractivity contribution < 1.29 is 5.11 Å². The summed E-state index contributed by atoms with van der Waals surface area (Å²) in [5, 5.41) is 8.94. The molecule has 2 heteroatoms. The van der Waals surface area contributed by atoms with Crippen molar-refractivity contribution in [2.75, 3.05) is 0 Å². The Morgan fingerprint density at radius 3 is 1.91 bits per heavy atom. The van der Waals surface area contributed by atoms with E-state index in [1.54, 1.807) is 12.1 Å². The average Bonchev–Trinajstić information content (AvgIpc) is 1.88. The van der Waals surface area contributed by atoms with Crippen LogP contribution in [-0.4, -0.2) is 34.7 Å². The Labute approximate surface area is 89.7 Å². The van der Waals surface area contributed by atoms with Gasteiger partial charge in [0.15, 0.2) is 0 Å². The third kappa shape index (κ3) is 3.28. The molecule has 0 atom stereocenters. The summed E-state index contributed by atoms with van der Waals surface area (Å²) in [6.07, 6.45) is 0. The van der Waals surface area contributed by atoms with Crippen molar-refractivity contribution in [1.82, 2.24) is 0 Å². The minimum absolute atomic E-state index is 0. The fourth-order valence-corrected chi connectivity index (χ4v) is 0.859. The van der Waals surface area contributed by atoms with Crippen molar-refractivity contribution in [2.45, 2.75) is 19.8 Å². The first kappa shape index (κ1) is 11.0. The van der Waals surface area contributed by atoms with Gasteiger partial charge in [-0.1, -0.05) is 26.0 Å². The van der Waals surface area contributed by atoms with Crippen LogP contribution in [-0.2, 0) is 0 Å². The summed E-state index contributed by atoms with van der Waals surface area (Å²) in [5.41, 5.74) is 1.26. The quantitative estimate of drug-likeness (QED) is 0.622. The van der Waals surface area contributed by atoms with E-state index in [0.717, 1.165) is 0 Å². The van der Waals surface area contributed by atoms with Crippen LogP contribution in [0.5, 0.6) is 5.75 Å². The van der Waals surface area contributed by atoms with Gasteiger partial charge in [-0.25, -0.2) is 0 Å². The zero-order valence-corrected chi connectivity index (χ0v) is 6.33. The molecule has 0 aliphatic heterocycles. The number of hydrogen-bond acceptors (Lipinski definition) is 1. The van der Waals surface area contributed by atoms with Crippen molar-refractivity contribution in [1.29, 1.82) is 0 Å². The van der Waals surface area contributed by atoms with E-state index in [2.05, 4.69) is 13.8 Å². The number of phenols is 1. The van der Waals surface area contributed by atoms with Gasteiger partial charge >= 0.3 is 29.6 Å². The summed E-state index contributed by atoms with van der Waals surface area (Å²) in [4.78, 5) is 0. The zero-order chi connectivity index (χ0) is 7.56. The molecule has 0 aliphatic rings. The van der Waals surface area contributed by atoms with Crippen molar-refractivity contribution in [3.05, 3.63) is 29.8 Å². The Hall–Kier alpha value is 0.0200. The number of hydrogen-bond donors (Lipinski definition) is 1. The van der Waals surface area contributed by atoms with Gasteiger partial charge in [0.25, 0.3) is 0 Å².